The van der Waals surface area contributed by atoms with Gasteiger partial charge in [0.25, 0.3) is 0 Å². The minimum Gasteiger partial charge on any atom is -0.281 e. The molecule has 0 spiro atoms. The Labute approximate surface area is 98.8 Å². The number of nitrogens with zero attached hydrogens (tertiary/aromatic N) is 2. The van der Waals surface area contributed by atoms with Crippen LogP contribution in [-0.2, 0) is 0 Å². The van der Waals surface area contributed by atoms with Crippen molar-refractivity contribution in [1.29, 1.82) is 0 Å². The van der Waals surface area contributed by atoms with Gasteiger partial charge in [0.2, 0.25) is 0 Å². The van der Waals surface area contributed by atoms with E-state index in [9.17, 15) is 4.39 Å². The lowest BCUT2D eigenvalue weighted by Crippen LogP contribution is -2.50. The molecule has 16 heavy (non-hydrogen) atoms. The highest BCUT2D eigenvalue weighted by atomic mass is 35.5. The Balaban J connectivity index is 3.33. The van der Waals surface area contributed by atoms with Gasteiger partial charge in [0.1, 0.15) is 0 Å². The summed E-state index contributed by atoms with van der Waals surface area (Å²) in [5.74, 6) is 10.3. The average Bonchev–Trinajstić information content (AvgIpc) is 2.24. The molecule has 0 bridgehead atoms. The van der Waals surface area contributed by atoms with Gasteiger partial charge in [0, 0.05) is 12.6 Å². The molecule has 0 amide bonds. The predicted octanol–water partition coefficient (Wildman–Crippen LogP) is 1.91. The van der Waals surface area contributed by atoms with Crippen molar-refractivity contribution in [3.05, 3.63) is 34.6 Å². The van der Waals surface area contributed by atoms with E-state index in [1.54, 1.807) is 32.2 Å². The van der Waals surface area contributed by atoms with E-state index in [4.69, 9.17) is 23.3 Å². The van der Waals surface area contributed by atoms with Crippen LogP contribution < -0.4 is 16.7 Å². The van der Waals surface area contributed by atoms with Gasteiger partial charge >= 0.3 is 0 Å². The SMILES string of the molecule is C/C=C/c1c(N(C)N(N)N)ccc(Cl)c1F. The molecule has 0 unspecified atom stereocenters. The number of hydrazine groups is 3. The second kappa shape index (κ2) is 5.27. The Morgan fingerprint density at radius 2 is 2.00 bits per heavy atom. The van der Waals surface area contributed by atoms with E-state index in [1.807, 2.05) is 0 Å². The van der Waals surface area contributed by atoms with Gasteiger partial charge in [-0.25, -0.2) is 16.1 Å². The van der Waals surface area contributed by atoms with Crippen LogP contribution in [-0.4, -0.2) is 12.3 Å². The molecule has 0 fully saturated rings. The summed E-state index contributed by atoms with van der Waals surface area (Å²) in [5, 5.41) is 2.34. The second-order valence-corrected chi connectivity index (χ2v) is 3.60. The number of rotatable bonds is 3. The second-order valence-electron chi connectivity index (χ2n) is 3.20. The molecule has 0 atom stereocenters. The lowest BCUT2D eigenvalue weighted by atomic mass is 10.1. The average molecular weight is 245 g/mol. The van der Waals surface area contributed by atoms with Gasteiger partial charge in [-0.05, 0) is 19.1 Å². The minimum atomic E-state index is -0.494. The van der Waals surface area contributed by atoms with Gasteiger partial charge in [0.05, 0.1) is 10.7 Å². The monoisotopic (exact) mass is 244 g/mol. The summed E-state index contributed by atoms with van der Waals surface area (Å²) < 4.78 is 13.8. The molecule has 6 heteroatoms. The largest absolute Gasteiger partial charge is 0.281 e. The number of nitrogens with two attached hydrogens (primary N) is 2. The highest BCUT2D eigenvalue weighted by molar-refractivity contribution is 6.31. The van der Waals surface area contributed by atoms with Crippen molar-refractivity contribution in [2.24, 2.45) is 11.7 Å². The molecule has 0 saturated heterocycles. The Kier molecular flexibility index (Phi) is 4.26. The molecular formula is C10H14ClFN4. The minimum absolute atomic E-state index is 0.0610. The first-order valence-electron chi connectivity index (χ1n) is 4.63. The molecule has 1 rings (SSSR count). The zero-order valence-electron chi connectivity index (χ0n) is 9.11. The molecule has 0 aliphatic carbocycles. The molecule has 0 aliphatic heterocycles. The van der Waals surface area contributed by atoms with Crippen molar-refractivity contribution in [2.75, 3.05) is 12.1 Å². The summed E-state index contributed by atoms with van der Waals surface area (Å²) in [4.78, 5) is 0. The van der Waals surface area contributed by atoms with Crippen LogP contribution in [0.2, 0.25) is 5.02 Å². The number of benzene rings is 1. The smallest absolute Gasteiger partial charge is 0.151 e. The van der Waals surface area contributed by atoms with Gasteiger partial charge in [0.15, 0.2) is 5.82 Å². The molecule has 0 aromatic heterocycles. The van der Waals surface area contributed by atoms with Crippen LogP contribution in [0.15, 0.2) is 18.2 Å². The maximum Gasteiger partial charge on any atom is 0.151 e. The van der Waals surface area contributed by atoms with Crippen molar-refractivity contribution < 1.29 is 4.39 Å². The van der Waals surface area contributed by atoms with E-state index >= 15 is 0 Å². The van der Waals surface area contributed by atoms with Crippen LogP contribution in [0.4, 0.5) is 10.1 Å². The first-order chi connectivity index (χ1) is 7.49. The third-order valence-corrected chi connectivity index (χ3v) is 2.43. The van der Waals surface area contributed by atoms with Gasteiger partial charge in [-0.1, -0.05) is 29.0 Å². The molecule has 0 radical (unpaired) electrons. The van der Waals surface area contributed by atoms with Crippen LogP contribution in [0.25, 0.3) is 6.08 Å². The number of halogens is 2. The fourth-order valence-corrected chi connectivity index (χ4v) is 1.45. The van der Waals surface area contributed by atoms with Crippen LogP contribution in [0.3, 0.4) is 0 Å². The molecule has 4 nitrogen and oxygen atoms in total. The Morgan fingerprint density at radius 3 is 2.50 bits per heavy atom. The fourth-order valence-electron chi connectivity index (χ4n) is 1.29. The Bertz CT molecular complexity index is 406. The number of hydrogen-bond acceptors (Lipinski definition) is 4. The fraction of sp³-hybridized carbons (Fsp3) is 0.200. The van der Waals surface area contributed by atoms with Crippen molar-refractivity contribution in [3.8, 4) is 0 Å². The van der Waals surface area contributed by atoms with E-state index < -0.39 is 5.82 Å². The molecule has 0 heterocycles. The van der Waals surface area contributed by atoms with E-state index in [2.05, 4.69) is 0 Å². The van der Waals surface area contributed by atoms with Crippen molar-refractivity contribution >= 4 is 23.4 Å². The summed E-state index contributed by atoms with van der Waals surface area (Å²) in [7, 11) is 1.62. The highest BCUT2D eigenvalue weighted by Gasteiger charge is 2.14. The standard InChI is InChI=1S/C10H14ClFN4/c1-3-4-7-9(15(2)16(13)14)6-5-8(11)10(7)12/h3-6H,13-14H2,1-2H3/b4-3+. The molecule has 0 saturated carbocycles. The molecule has 88 valence electrons. The van der Waals surface area contributed by atoms with Gasteiger partial charge in [-0.2, -0.15) is 0 Å². The lowest BCUT2D eigenvalue weighted by Gasteiger charge is -2.26. The van der Waals surface area contributed by atoms with E-state index in [0.717, 1.165) is 5.23 Å². The summed E-state index contributed by atoms with van der Waals surface area (Å²) in [6.45, 7) is 1.78. The highest BCUT2D eigenvalue weighted by Crippen LogP contribution is 2.28. The molecule has 0 aliphatic rings. The Hall–Kier alpha value is -1.14. The predicted molar refractivity (Wildman–Crippen MR) is 64.7 cm³/mol. The normalized spacial score (nSPS) is 11.4. The summed E-state index contributed by atoms with van der Waals surface area (Å²) in [6.07, 6.45) is 3.32. The quantitative estimate of drug-likeness (QED) is 0.630. The number of hydrogen-bond donors (Lipinski definition) is 2. The number of anilines is 1. The maximum absolute atomic E-state index is 13.8. The topological polar surface area (TPSA) is 58.5 Å². The van der Waals surface area contributed by atoms with E-state index in [0.29, 0.717) is 11.3 Å². The number of allylic oxidation sites excluding steroid dienone is 1. The lowest BCUT2D eigenvalue weighted by molar-refractivity contribution is 0.283. The maximum atomic E-state index is 13.8. The third kappa shape index (κ3) is 2.51. The summed E-state index contributed by atoms with van der Waals surface area (Å²) >= 11 is 5.70. The zero-order chi connectivity index (χ0) is 12.3. The summed E-state index contributed by atoms with van der Waals surface area (Å²) in [6, 6.07) is 3.10. The van der Waals surface area contributed by atoms with Crippen LogP contribution >= 0.6 is 11.6 Å². The first-order valence-corrected chi connectivity index (χ1v) is 5.00. The van der Waals surface area contributed by atoms with Gasteiger partial charge in [-0.3, -0.25) is 5.01 Å². The van der Waals surface area contributed by atoms with E-state index in [-0.39, 0.29) is 5.02 Å². The summed E-state index contributed by atoms with van der Waals surface area (Å²) in [5.41, 5.74) is 0.878. The van der Waals surface area contributed by atoms with Crippen molar-refractivity contribution in [1.82, 2.24) is 5.23 Å². The molecule has 1 aromatic carbocycles. The van der Waals surface area contributed by atoms with Gasteiger partial charge in [-0.15, -0.1) is 0 Å². The molecule has 4 N–H and O–H groups in total. The van der Waals surface area contributed by atoms with Crippen molar-refractivity contribution in [2.45, 2.75) is 6.92 Å². The van der Waals surface area contributed by atoms with Crippen LogP contribution in [0.5, 0.6) is 0 Å². The van der Waals surface area contributed by atoms with Gasteiger partial charge < -0.3 is 0 Å². The molecule has 1 aromatic rings. The van der Waals surface area contributed by atoms with Crippen molar-refractivity contribution in [3.63, 3.8) is 0 Å². The van der Waals surface area contributed by atoms with E-state index in [1.165, 1.54) is 11.1 Å². The third-order valence-electron chi connectivity index (χ3n) is 2.14. The molecular weight excluding hydrogens is 231 g/mol. The first kappa shape index (κ1) is 12.9. The Morgan fingerprint density at radius 1 is 1.38 bits per heavy atom. The van der Waals surface area contributed by atoms with Crippen LogP contribution in [0, 0.1) is 5.82 Å². The zero-order valence-corrected chi connectivity index (χ0v) is 9.87. The van der Waals surface area contributed by atoms with Crippen LogP contribution in [0.1, 0.15) is 12.5 Å².